The van der Waals surface area contributed by atoms with Crippen LogP contribution in [0.15, 0.2) is 85.1 Å². The van der Waals surface area contributed by atoms with Gasteiger partial charge in [0, 0.05) is 12.8 Å². The fraction of sp³-hybridized carbons (Fsp3) is 0.652. The van der Waals surface area contributed by atoms with Crippen LogP contribution in [0.1, 0.15) is 142 Å². The van der Waals surface area contributed by atoms with Gasteiger partial charge in [0.15, 0.2) is 6.10 Å². The summed E-state index contributed by atoms with van der Waals surface area (Å²) in [5.41, 5.74) is 0. The Labute approximate surface area is 341 Å². The summed E-state index contributed by atoms with van der Waals surface area (Å²) in [4.78, 5) is 37.5. The van der Waals surface area contributed by atoms with Crippen LogP contribution in [-0.4, -0.2) is 70.0 Å². The molecular weight excluding hydrogens is 725 g/mol. The Morgan fingerprint density at radius 2 is 1.04 bits per heavy atom. The first kappa shape index (κ1) is 53.2. The van der Waals surface area contributed by atoms with Gasteiger partial charge < -0.3 is 27.9 Å². The summed E-state index contributed by atoms with van der Waals surface area (Å²) in [5.74, 6) is -0.929. The van der Waals surface area contributed by atoms with Gasteiger partial charge in [0.1, 0.15) is 19.8 Å². The summed E-state index contributed by atoms with van der Waals surface area (Å²) < 4.78 is 33.8. The number of nitrogens with zero attached hydrogens (tertiary/aromatic N) is 1. The third-order valence-electron chi connectivity index (χ3n) is 8.40. The van der Waals surface area contributed by atoms with Crippen molar-refractivity contribution in [2.75, 3.05) is 47.5 Å². The molecule has 0 aromatic carbocycles. The van der Waals surface area contributed by atoms with Crippen LogP contribution in [0.3, 0.4) is 0 Å². The van der Waals surface area contributed by atoms with Crippen molar-refractivity contribution in [3.63, 3.8) is 0 Å². The maximum Gasteiger partial charge on any atom is 0.306 e. The normalized spacial score (nSPS) is 14.5. The van der Waals surface area contributed by atoms with E-state index in [9.17, 15) is 19.0 Å². The first-order valence-electron chi connectivity index (χ1n) is 21.3. The number of esters is 2. The van der Waals surface area contributed by atoms with Crippen LogP contribution in [0, 0.1) is 0 Å². The molecule has 0 aliphatic carbocycles. The fourth-order valence-electron chi connectivity index (χ4n) is 5.07. The summed E-state index contributed by atoms with van der Waals surface area (Å²) in [6.45, 7) is 3.97. The summed E-state index contributed by atoms with van der Waals surface area (Å²) in [6, 6.07) is 0. The quantitative estimate of drug-likeness (QED) is 0.0201. The molecule has 0 amide bonds. The van der Waals surface area contributed by atoms with Crippen molar-refractivity contribution in [1.29, 1.82) is 0 Å². The van der Waals surface area contributed by atoms with Crippen LogP contribution >= 0.6 is 7.82 Å². The number of unbranched alkanes of at least 4 members (excludes halogenated alkanes) is 9. The van der Waals surface area contributed by atoms with Gasteiger partial charge in [-0.15, -0.1) is 0 Å². The van der Waals surface area contributed by atoms with Crippen LogP contribution in [0.2, 0.25) is 0 Å². The van der Waals surface area contributed by atoms with Gasteiger partial charge >= 0.3 is 11.9 Å². The summed E-state index contributed by atoms with van der Waals surface area (Å²) in [7, 11) is 1.10. The second-order valence-electron chi connectivity index (χ2n) is 15.0. The molecule has 0 aliphatic heterocycles. The molecule has 2 atom stereocenters. The van der Waals surface area contributed by atoms with Crippen LogP contribution < -0.4 is 4.89 Å². The first-order valence-corrected chi connectivity index (χ1v) is 22.8. The number of likely N-dealkylation sites (N-methyl/N-ethyl adjacent to an activating group) is 1. The lowest BCUT2D eigenvalue weighted by Crippen LogP contribution is -2.37. The Morgan fingerprint density at radius 3 is 1.57 bits per heavy atom. The number of allylic oxidation sites excluding steroid dienone is 14. The Morgan fingerprint density at radius 1 is 0.571 bits per heavy atom. The van der Waals surface area contributed by atoms with E-state index in [0.717, 1.165) is 70.6 Å². The number of hydrogen-bond donors (Lipinski definition) is 0. The zero-order valence-corrected chi connectivity index (χ0v) is 36.7. The summed E-state index contributed by atoms with van der Waals surface area (Å²) in [6.07, 6.45) is 47.6. The van der Waals surface area contributed by atoms with Crippen molar-refractivity contribution < 1.29 is 42.1 Å². The molecule has 0 spiro atoms. The number of phosphoric acid groups is 1. The fourth-order valence-corrected chi connectivity index (χ4v) is 5.80. The lowest BCUT2D eigenvalue weighted by Gasteiger charge is -2.28. The molecule has 0 saturated heterocycles. The number of carbonyl (C=O) groups is 2. The predicted molar refractivity (Wildman–Crippen MR) is 231 cm³/mol. The molecule has 0 rings (SSSR count). The lowest BCUT2D eigenvalue weighted by atomic mass is 10.1. The van der Waals surface area contributed by atoms with E-state index in [0.29, 0.717) is 30.3 Å². The predicted octanol–water partition coefficient (Wildman–Crippen LogP) is 11.4. The van der Waals surface area contributed by atoms with Gasteiger partial charge in [-0.05, 0) is 83.5 Å². The van der Waals surface area contributed by atoms with Crippen LogP contribution in [0.4, 0.5) is 0 Å². The number of hydrogen-bond acceptors (Lipinski definition) is 8. The third kappa shape index (κ3) is 40.8. The minimum absolute atomic E-state index is 0.0485. The molecule has 10 heteroatoms. The number of carbonyl (C=O) groups excluding carboxylic acids is 2. The van der Waals surface area contributed by atoms with Crippen LogP contribution in [-0.2, 0) is 32.7 Å². The number of rotatable bonds is 37. The molecule has 0 bridgehead atoms. The van der Waals surface area contributed by atoms with Gasteiger partial charge in [0.2, 0.25) is 0 Å². The van der Waals surface area contributed by atoms with Crippen molar-refractivity contribution in [3.8, 4) is 0 Å². The van der Waals surface area contributed by atoms with E-state index in [1.165, 1.54) is 25.7 Å². The smallest absolute Gasteiger partial charge is 0.306 e. The maximum absolute atomic E-state index is 12.6. The van der Waals surface area contributed by atoms with Gasteiger partial charge in [-0.2, -0.15) is 0 Å². The SMILES string of the molecule is CC/C=C/C/C=C/C/C=C/C/C=C/C/C=C/CCCC(=O)O[C@H](COC(=O)CCCCCCC/C=C/C/C=C/CCCCC)COP(=O)([O-])OCC[N+](C)(C)C. The van der Waals surface area contributed by atoms with Crippen LogP contribution in [0.25, 0.3) is 0 Å². The van der Waals surface area contributed by atoms with Crippen molar-refractivity contribution in [3.05, 3.63) is 85.1 Å². The number of quaternary nitrogens is 1. The van der Waals surface area contributed by atoms with Gasteiger partial charge in [0.25, 0.3) is 7.82 Å². The van der Waals surface area contributed by atoms with Crippen molar-refractivity contribution in [2.45, 2.75) is 148 Å². The standard InChI is InChI=1S/C46H78NO8P/c1-6-8-10-12-14-16-18-20-22-23-25-27-29-31-33-35-37-39-46(49)55-44(43-54-56(50,51)53-41-40-47(3,4)5)42-52-45(48)38-36-34-32-30-28-26-24-21-19-17-15-13-11-9-7-2/h8,10,14-17,20-22,24-25,27,31,33,44H,6-7,9,11-13,18-19,23,26,28-30,32,34-43H2,1-5H3/b10-8+,16-14+,17-15+,22-20+,24-21+,27-25+,33-31+/t44-/m1/s1. The van der Waals surface area contributed by atoms with E-state index in [4.69, 9.17) is 18.5 Å². The van der Waals surface area contributed by atoms with E-state index < -0.39 is 32.5 Å². The molecule has 0 N–H and O–H groups in total. The van der Waals surface area contributed by atoms with Crippen molar-refractivity contribution >= 4 is 19.8 Å². The minimum Gasteiger partial charge on any atom is -0.756 e. The van der Waals surface area contributed by atoms with E-state index in [1.54, 1.807) is 0 Å². The van der Waals surface area contributed by atoms with Crippen molar-refractivity contribution in [2.24, 2.45) is 0 Å². The van der Waals surface area contributed by atoms with Crippen molar-refractivity contribution in [1.82, 2.24) is 0 Å². The highest BCUT2D eigenvalue weighted by Crippen LogP contribution is 2.38. The average molecular weight is 804 g/mol. The Hall–Kier alpha value is -2.81. The molecule has 0 heterocycles. The van der Waals surface area contributed by atoms with E-state index >= 15 is 0 Å². The summed E-state index contributed by atoms with van der Waals surface area (Å²) in [5, 5.41) is 0. The third-order valence-corrected chi connectivity index (χ3v) is 9.36. The van der Waals surface area contributed by atoms with E-state index in [1.807, 2.05) is 27.2 Å². The first-order chi connectivity index (χ1) is 27.0. The van der Waals surface area contributed by atoms with Gasteiger partial charge in [0.05, 0.1) is 27.7 Å². The zero-order chi connectivity index (χ0) is 41.4. The van der Waals surface area contributed by atoms with Gasteiger partial charge in [-0.25, -0.2) is 0 Å². The molecule has 320 valence electrons. The topological polar surface area (TPSA) is 111 Å². The minimum atomic E-state index is -4.65. The average Bonchev–Trinajstić information content (AvgIpc) is 3.15. The summed E-state index contributed by atoms with van der Waals surface area (Å²) >= 11 is 0. The van der Waals surface area contributed by atoms with E-state index in [-0.39, 0.29) is 26.1 Å². The van der Waals surface area contributed by atoms with Crippen LogP contribution in [0.5, 0.6) is 0 Å². The molecule has 0 aliphatic rings. The largest absolute Gasteiger partial charge is 0.756 e. The zero-order valence-electron chi connectivity index (χ0n) is 35.8. The molecule has 0 aromatic heterocycles. The number of ether oxygens (including phenoxy) is 2. The highest BCUT2D eigenvalue weighted by Gasteiger charge is 2.21. The highest BCUT2D eigenvalue weighted by atomic mass is 31.2. The van der Waals surface area contributed by atoms with E-state index in [2.05, 4.69) is 92.8 Å². The van der Waals surface area contributed by atoms with Gasteiger partial charge in [-0.1, -0.05) is 131 Å². The maximum atomic E-state index is 12.6. The molecule has 56 heavy (non-hydrogen) atoms. The highest BCUT2D eigenvalue weighted by molar-refractivity contribution is 7.45. The Bertz CT molecular complexity index is 1230. The Balaban J connectivity index is 4.53. The second-order valence-corrected chi connectivity index (χ2v) is 16.4. The lowest BCUT2D eigenvalue weighted by molar-refractivity contribution is -0.870. The molecule has 1 unspecified atom stereocenters. The Kier molecular flexibility index (Phi) is 35.9. The molecule has 0 radical (unpaired) electrons. The number of phosphoric ester groups is 1. The molecule has 9 nitrogen and oxygen atoms in total. The molecule has 0 saturated carbocycles. The molecule has 0 aromatic rings. The second kappa shape index (κ2) is 37.7. The molecular formula is C46H78NO8P. The monoisotopic (exact) mass is 804 g/mol. The molecule has 0 fully saturated rings. The van der Waals surface area contributed by atoms with Gasteiger partial charge in [-0.3, -0.25) is 14.2 Å².